The van der Waals surface area contributed by atoms with Crippen LogP contribution in [0.3, 0.4) is 0 Å². The maximum Gasteiger partial charge on any atom is 0.354 e. The summed E-state index contributed by atoms with van der Waals surface area (Å²) in [7, 11) is 0. The third-order valence-electron chi connectivity index (χ3n) is 6.82. The number of benzene rings is 2. The second-order valence-corrected chi connectivity index (χ2v) is 8.87. The van der Waals surface area contributed by atoms with E-state index in [1.807, 2.05) is 19.9 Å². The molecule has 3 heterocycles. The Morgan fingerprint density at radius 3 is 2.66 bits per heavy atom. The molecule has 0 unspecified atom stereocenters. The number of carbonyl (C=O) groups excluding carboxylic acids is 3. The molecule has 0 N–H and O–H groups in total. The van der Waals surface area contributed by atoms with Gasteiger partial charge in [-0.05, 0) is 49.2 Å². The number of anilines is 1. The summed E-state index contributed by atoms with van der Waals surface area (Å²) in [4.78, 5) is 55.1. The van der Waals surface area contributed by atoms with E-state index in [2.05, 4.69) is 6.58 Å². The molecule has 0 radical (unpaired) electrons. The lowest BCUT2D eigenvalue weighted by atomic mass is 9.96. The highest BCUT2D eigenvalue weighted by molar-refractivity contribution is 6.15. The molecule has 2 aliphatic heterocycles. The Bertz CT molecular complexity index is 1470. The Kier molecular flexibility index (Phi) is 5.31. The van der Waals surface area contributed by atoms with Crippen molar-refractivity contribution in [2.24, 2.45) is 0 Å². The molecule has 0 spiro atoms. The van der Waals surface area contributed by atoms with Crippen molar-refractivity contribution in [3.8, 4) is 0 Å². The number of nitrogens with zero attached hydrogens (tertiary/aromatic N) is 2. The predicted molar refractivity (Wildman–Crippen MR) is 129 cm³/mol. The van der Waals surface area contributed by atoms with E-state index in [9.17, 15) is 19.2 Å². The average Bonchev–Trinajstić information content (AvgIpc) is 3.19. The minimum absolute atomic E-state index is 0.0579. The number of aryl methyl sites for hydroxylation is 2. The second kappa shape index (κ2) is 8.23. The lowest BCUT2D eigenvalue weighted by Crippen LogP contribution is -2.68. The molecule has 5 rings (SSSR count). The summed E-state index contributed by atoms with van der Waals surface area (Å²) < 4.78 is 11.1. The van der Waals surface area contributed by atoms with Crippen molar-refractivity contribution in [2.45, 2.75) is 39.0 Å². The van der Waals surface area contributed by atoms with Crippen LogP contribution in [0, 0.1) is 13.8 Å². The molecular formula is C27H24N2O6. The first-order valence-corrected chi connectivity index (χ1v) is 11.3. The number of hydrogen-bond acceptors (Lipinski definition) is 6. The zero-order chi connectivity index (χ0) is 24.9. The Hall–Kier alpha value is -4.20. The van der Waals surface area contributed by atoms with Gasteiger partial charge in [0.05, 0.1) is 11.3 Å². The number of ether oxygens (including phenoxy) is 1. The molecule has 8 heteroatoms. The molecule has 1 atom stereocenters. The predicted octanol–water partition coefficient (Wildman–Crippen LogP) is 3.62. The molecular weight excluding hydrogens is 448 g/mol. The zero-order valence-electron chi connectivity index (χ0n) is 19.5. The monoisotopic (exact) mass is 472 g/mol. The lowest BCUT2D eigenvalue weighted by Gasteiger charge is -2.48. The summed E-state index contributed by atoms with van der Waals surface area (Å²) in [6.07, 6.45) is 1.69. The van der Waals surface area contributed by atoms with Gasteiger partial charge >= 0.3 is 11.6 Å². The van der Waals surface area contributed by atoms with E-state index in [0.29, 0.717) is 27.8 Å². The van der Waals surface area contributed by atoms with Gasteiger partial charge in [0, 0.05) is 36.4 Å². The van der Waals surface area contributed by atoms with Crippen LogP contribution >= 0.6 is 0 Å². The molecule has 0 aliphatic carbocycles. The Morgan fingerprint density at radius 1 is 1.14 bits per heavy atom. The van der Waals surface area contributed by atoms with Crippen molar-refractivity contribution < 1.29 is 23.5 Å². The molecule has 8 nitrogen and oxygen atoms in total. The molecule has 2 aromatic carbocycles. The van der Waals surface area contributed by atoms with Gasteiger partial charge in [0.1, 0.15) is 12.2 Å². The Balaban J connectivity index is 1.56. The van der Waals surface area contributed by atoms with Crippen LogP contribution in [0.15, 0.2) is 64.3 Å². The first kappa shape index (κ1) is 22.6. The van der Waals surface area contributed by atoms with Crippen molar-refractivity contribution >= 4 is 34.4 Å². The van der Waals surface area contributed by atoms with Gasteiger partial charge in [-0.15, -0.1) is 6.58 Å². The quantitative estimate of drug-likeness (QED) is 0.320. The first-order chi connectivity index (χ1) is 16.8. The third-order valence-corrected chi connectivity index (χ3v) is 6.82. The summed E-state index contributed by atoms with van der Waals surface area (Å²) >= 11 is 0. The number of fused-ring (bicyclic) bond motifs is 4. The fourth-order valence-electron chi connectivity index (χ4n) is 4.99. The highest BCUT2D eigenvalue weighted by Crippen LogP contribution is 2.45. The van der Waals surface area contributed by atoms with E-state index in [1.54, 1.807) is 30.3 Å². The maximum absolute atomic E-state index is 13.8. The number of rotatable bonds is 5. The lowest BCUT2D eigenvalue weighted by molar-refractivity contribution is -0.158. The number of esters is 1. The molecule has 1 fully saturated rings. The molecule has 1 aromatic heterocycles. The fourth-order valence-corrected chi connectivity index (χ4v) is 4.99. The second-order valence-electron chi connectivity index (χ2n) is 8.87. The van der Waals surface area contributed by atoms with Gasteiger partial charge in [-0.3, -0.25) is 14.5 Å². The van der Waals surface area contributed by atoms with Crippen molar-refractivity contribution in [3.05, 3.63) is 87.8 Å². The summed E-state index contributed by atoms with van der Waals surface area (Å²) in [6, 6.07) is 11.7. The topological polar surface area (TPSA) is 97.1 Å². The van der Waals surface area contributed by atoms with Crippen molar-refractivity contribution in [1.29, 1.82) is 0 Å². The molecule has 0 bridgehead atoms. The first-order valence-electron chi connectivity index (χ1n) is 11.3. The van der Waals surface area contributed by atoms with Crippen LogP contribution in [0.5, 0.6) is 0 Å². The molecule has 35 heavy (non-hydrogen) atoms. The van der Waals surface area contributed by atoms with Crippen molar-refractivity contribution in [1.82, 2.24) is 4.90 Å². The summed E-state index contributed by atoms with van der Waals surface area (Å²) in [6.45, 7) is 7.42. The van der Waals surface area contributed by atoms with Gasteiger partial charge in [-0.25, -0.2) is 9.59 Å². The molecule has 0 saturated carbocycles. The highest BCUT2D eigenvalue weighted by Gasteiger charge is 2.61. The fraction of sp³-hybridized carbons (Fsp3) is 0.259. The minimum Gasteiger partial charge on any atom is -0.458 e. The number of para-hydroxylation sites is 1. The van der Waals surface area contributed by atoms with Gasteiger partial charge in [0.15, 0.2) is 0 Å². The number of carbonyl (C=O) groups is 3. The van der Waals surface area contributed by atoms with E-state index in [-0.39, 0.29) is 37.8 Å². The average molecular weight is 472 g/mol. The molecule has 3 aromatic rings. The van der Waals surface area contributed by atoms with Crippen LogP contribution in [0.4, 0.5) is 5.69 Å². The van der Waals surface area contributed by atoms with Crippen LogP contribution in [0.1, 0.15) is 39.9 Å². The van der Waals surface area contributed by atoms with Gasteiger partial charge in [-0.1, -0.05) is 18.2 Å². The Labute approximate surface area is 201 Å². The minimum atomic E-state index is -1.63. The van der Waals surface area contributed by atoms with Gasteiger partial charge < -0.3 is 14.1 Å². The molecule has 2 amide bonds. The largest absolute Gasteiger partial charge is 0.458 e. The van der Waals surface area contributed by atoms with Crippen LogP contribution in [0.2, 0.25) is 0 Å². The van der Waals surface area contributed by atoms with Crippen LogP contribution in [-0.4, -0.2) is 34.9 Å². The third kappa shape index (κ3) is 3.36. The highest BCUT2D eigenvalue weighted by atomic mass is 16.5. The van der Waals surface area contributed by atoms with E-state index in [1.165, 1.54) is 21.9 Å². The van der Waals surface area contributed by atoms with E-state index < -0.39 is 17.3 Å². The smallest absolute Gasteiger partial charge is 0.354 e. The van der Waals surface area contributed by atoms with Gasteiger partial charge in [0.25, 0.3) is 5.91 Å². The van der Waals surface area contributed by atoms with Crippen LogP contribution < -0.4 is 10.5 Å². The maximum atomic E-state index is 13.8. The summed E-state index contributed by atoms with van der Waals surface area (Å²) in [5.74, 6) is -1.38. The summed E-state index contributed by atoms with van der Waals surface area (Å²) in [5.41, 5.74) is 1.39. The number of hydrogen-bond donors (Lipinski definition) is 0. The summed E-state index contributed by atoms with van der Waals surface area (Å²) in [5, 5.41) is 0.658. The van der Waals surface area contributed by atoms with Gasteiger partial charge in [0.2, 0.25) is 11.6 Å². The van der Waals surface area contributed by atoms with Crippen LogP contribution in [0.25, 0.3) is 11.0 Å². The zero-order valence-corrected chi connectivity index (χ0v) is 19.5. The van der Waals surface area contributed by atoms with Crippen LogP contribution in [-0.2, 0) is 20.9 Å². The standard InChI is InChI=1S/C27H24N2O6/c1-4-11-28-25(32)19-7-5-6-8-21(19)29-23(30)9-10-27(28,29)26(33)34-15-18-14-24(31)35-22-13-17(3)16(2)12-20(18)22/h4-8,12-14H,1,9-11,15H2,2-3H3/t27-/m0/s1. The normalized spacial score (nSPS) is 19.0. The van der Waals surface area contributed by atoms with E-state index in [4.69, 9.17) is 9.15 Å². The van der Waals surface area contributed by atoms with Crippen molar-refractivity contribution in [2.75, 3.05) is 11.4 Å². The van der Waals surface area contributed by atoms with Crippen molar-refractivity contribution in [3.63, 3.8) is 0 Å². The molecule has 178 valence electrons. The number of amides is 2. The van der Waals surface area contributed by atoms with E-state index >= 15 is 0 Å². The SMILES string of the molecule is C=CCN1C(=O)c2ccccc2N2C(=O)CC[C@]12C(=O)OCc1cc(=O)oc2cc(C)c(C)cc12. The van der Waals surface area contributed by atoms with E-state index in [0.717, 1.165) is 11.1 Å². The van der Waals surface area contributed by atoms with Gasteiger partial charge in [-0.2, -0.15) is 0 Å². The molecule has 1 saturated heterocycles. The Morgan fingerprint density at radius 2 is 1.89 bits per heavy atom. The molecule has 2 aliphatic rings.